The Hall–Kier alpha value is -5.12. The Morgan fingerprint density at radius 1 is 0.825 bits per heavy atom. The van der Waals surface area contributed by atoms with Crippen molar-refractivity contribution in [1.82, 2.24) is 4.90 Å². The molecule has 7 rings (SSSR count). The molecular formula is C48H57NO8. The first-order valence-electron chi connectivity index (χ1n) is 19.9. The molecule has 4 atom stereocenters. The smallest absolute Gasteiger partial charge is 0.227 e. The molecule has 302 valence electrons. The number of aliphatic hydroxyl groups is 2. The number of carbonyl (C=O) groups is 2. The van der Waals surface area contributed by atoms with Crippen molar-refractivity contribution in [3.8, 4) is 23.0 Å². The Balaban J connectivity index is 1.43. The predicted octanol–water partition coefficient (Wildman–Crippen LogP) is 8.26. The van der Waals surface area contributed by atoms with Gasteiger partial charge in [-0.3, -0.25) is 9.59 Å². The topological polar surface area (TPSA) is 115 Å². The van der Waals surface area contributed by atoms with Gasteiger partial charge in [0.2, 0.25) is 5.91 Å². The molecular weight excluding hydrogens is 719 g/mol. The van der Waals surface area contributed by atoms with Crippen LogP contribution in [0.3, 0.4) is 0 Å². The van der Waals surface area contributed by atoms with Crippen molar-refractivity contribution < 1.29 is 38.7 Å². The van der Waals surface area contributed by atoms with E-state index in [4.69, 9.17) is 18.9 Å². The number of aliphatic hydroxyl groups excluding tert-OH is 1. The Bertz CT molecular complexity index is 2080. The van der Waals surface area contributed by atoms with E-state index in [1.54, 1.807) is 45.5 Å². The van der Waals surface area contributed by atoms with Crippen LogP contribution < -0.4 is 18.9 Å². The summed E-state index contributed by atoms with van der Waals surface area (Å²) in [6, 6.07) is 26.3. The molecule has 2 N–H and O–H groups in total. The number of benzene rings is 4. The van der Waals surface area contributed by atoms with Gasteiger partial charge in [0.15, 0.2) is 17.3 Å². The van der Waals surface area contributed by atoms with Crippen molar-refractivity contribution in [2.24, 2.45) is 5.41 Å². The molecule has 1 fully saturated rings. The molecule has 2 bridgehead atoms. The number of rotatable bonds is 12. The molecule has 0 saturated heterocycles. The van der Waals surface area contributed by atoms with Crippen molar-refractivity contribution in [2.45, 2.75) is 89.4 Å². The summed E-state index contributed by atoms with van der Waals surface area (Å²) >= 11 is 0. The van der Waals surface area contributed by atoms with Gasteiger partial charge in [-0.25, -0.2) is 0 Å². The van der Waals surface area contributed by atoms with Crippen molar-refractivity contribution in [3.63, 3.8) is 0 Å². The third-order valence-corrected chi connectivity index (χ3v) is 12.4. The van der Waals surface area contributed by atoms with Crippen molar-refractivity contribution in [3.05, 3.63) is 130 Å². The zero-order valence-electron chi connectivity index (χ0n) is 34.2. The summed E-state index contributed by atoms with van der Waals surface area (Å²) in [5.41, 5.74) is 3.63. The van der Waals surface area contributed by atoms with Crippen molar-refractivity contribution in [2.75, 3.05) is 35.0 Å². The zero-order valence-corrected chi connectivity index (χ0v) is 34.2. The lowest BCUT2D eigenvalue weighted by Gasteiger charge is -2.46. The van der Waals surface area contributed by atoms with Gasteiger partial charge in [0, 0.05) is 34.7 Å². The van der Waals surface area contributed by atoms with Crippen LogP contribution in [0.15, 0.2) is 96.6 Å². The summed E-state index contributed by atoms with van der Waals surface area (Å²) in [5, 5.41) is 24.3. The van der Waals surface area contributed by atoms with E-state index in [1.165, 1.54) is 5.57 Å². The molecule has 0 unspecified atom stereocenters. The maximum atomic E-state index is 14.6. The van der Waals surface area contributed by atoms with Gasteiger partial charge >= 0.3 is 0 Å². The van der Waals surface area contributed by atoms with Gasteiger partial charge in [-0.2, -0.15) is 0 Å². The van der Waals surface area contributed by atoms with E-state index in [0.717, 1.165) is 28.7 Å². The van der Waals surface area contributed by atoms with Crippen LogP contribution in [0, 0.1) is 5.41 Å². The van der Waals surface area contributed by atoms with Gasteiger partial charge < -0.3 is 34.1 Å². The first kappa shape index (κ1) is 41.5. The van der Waals surface area contributed by atoms with Gasteiger partial charge in [0.25, 0.3) is 0 Å². The summed E-state index contributed by atoms with van der Waals surface area (Å²) in [4.78, 5) is 30.8. The first-order valence-corrected chi connectivity index (χ1v) is 19.9. The number of amides is 1. The lowest BCUT2D eigenvalue weighted by molar-refractivity contribution is -0.140. The molecule has 4 aromatic rings. The molecule has 1 amide bonds. The summed E-state index contributed by atoms with van der Waals surface area (Å²) in [7, 11) is 6.33. The second-order valence-electron chi connectivity index (χ2n) is 15.9. The van der Waals surface area contributed by atoms with E-state index < -0.39 is 17.1 Å². The molecule has 3 aliphatic rings. The summed E-state index contributed by atoms with van der Waals surface area (Å²) in [6.07, 6.45) is 5.94. The van der Waals surface area contributed by atoms with E-state index in [9.17, 15) is 19.8 Å². The molecule has 0 radical (unpaired) electrons. The van der Waals surface area contributed by atoms with Crippen molar-refractivity contribution in [1.29, 1.82) is 0 Å². The van der Waals surface area contributed by atoms with Crippen LogP contribution in [0.2, 0.25) is 0 Å². The number of fused-ring (bicyclic) bond motifs is 8. The van der Waals surface area contributed by atoms with Gasteiger partial charge in [-0.05, 0) is 105 Å². The minimum Gasteiger partial charge on any atom is -0.497 e. The summed E-state index contributed by atoms with van der Waals surface area (Å²) in [5.74, 6) is 1.86. The fourth-order valence-corrected chi connectivity index (χ4v) is 8.95. The van der Waals surface area contributed by atoms with E-state index in [-0.39, 0.29) is 37.1 Å². The predicted molar refractivity (Wildman–Crippen MR) is 221 cm³/mol. The molecule has 0 aliphatic heterocycles. The highest BCUT2D eigenvalue weighted by atomic mass is 16.5. The summed E-state index contributed by atoms with van der Waals surface area (Å²) < 4.78 is 22.2. The average molecular weight is 776 g/mol. The molecule has 0 spiro atoms. The van der Waals surface area contributed by atoms with Gasteiger partial charge in [0.05, 0.1) is 53.1 Å². The standard InChI is InChI=1S/C48H57NO8/c1-32-11-10-23-47(2)41(39-20-15-33(25-37(50)18-14-32)26-40(39)46(52)35-12-8-7-9-13-35)22-24-48(47,53)31-49(30-36-17-19-38(54-3)29-43(36)56-5)45(51)28-34-16-21-42(55-4)44(27-34)57-6/h7-9,11-13,15-17,19-21,26-27,29,37,41,50,53H,10,14,18,22-25,28,30-31H2,1-6H3/t37-,41-,47-,48+/m0/s1. The number of nitrogens with zero attached hydrogens (tertiary/aromatic N) is 1. The quantitative estimate of drug-likeness (QED) is 0.109. The number of allylic oxidation sites excluding steroid dienone is 2. The average Bonchev–Trinajstić information content (AvgIpc) is 3.47. The number of hydrogen-bond acceptors (Lipinski definition) is 8. The number of methoxy groups -OCH3 is 4. The minimum atomic E-state index is -1.33. The third-order valence-electron chi connectivity index (χ3n) is 12.4. The highest BCUT2D eigenvalue weighted by Gasteiger charge is 2.57. The van der Waals surface area contributed by atoms with Crippen LogP contribution >= 0.6 is 0 Å². The fraction of sp³-hybridized carbons (Fsp3) is 0.417. The zero-order chi connectivity index (χ0) is 40.7. The number of ketones is 1. The number of hydrogen-bond donors (Lipinski definition) is 2. The SMILES string of the molecule is COc1ccc(CN(C[C@]2(O)CC[C@H]3c4ccc(cc4C(=O)c4ccccc4)C[C@@H](O)CCC(C)=CCC[C@@]32C)C(=O)Cc2ccc(OC)c(OC)c2)c(OC)c1. The van der Waals surface area contributed by atoms with E-state index in [0.29, 0.717) is 72.6 Å². The normalized spacial score (nSPS) is 22.1. The summed E-state index contributed by atoms with van der Waals surface area (Å²) in [6.45, 7) is 4.49. The molecule has 4 aromatic carbocycles. The maximum Gasteiger partial charge on any atom is 0.227 e. The maximum absolute atomic E-state index is 14.6. The lowest BCUT2D eigenvalue weighted by atomic mass is 9.64. The lowest BCUT2D eigenvalue weighted by Crippen LogP contribution is -2.53. The largest absolute Gasteiger partial charge is 0.497 e. The Morgan fingerprint density at radius 2 is 1.58 bits per heavy atom. The van der Waals surface area contributed by atoms with Gasteiger partial charge in [-0.1, -0.05) is 67.1 Å². The monoisotopic (exact) mass is 775 g/mol. The Morgan fingerprint density at radius 3 is 2.30 bits per heavy atom. The first-order chi connectivity index (χ1) is 27.4. The van der Waals surface area contributed by atoms with Crippen LogP contribution in [-0.2, 0) is 24.2 Å². The molecule has 57 heavy (non-hydrogen) atoms. The second kappa shape index (κ2) is 18.0. The van der Waals surface area contributed by atoms with E-state index in [1.807, 2.05) is 72.8 Å². The van der Waals surface area contributed by atoms with E-state index >= 15 is 0 Å². The molecule has 9 nitrogen and oxygen atoms in total. The molecule has 9 heteroatoms. The highest BCUT2D eigenvalue weighted by Crippen LogP contribution is 2.59. The highest BCUT2D eigenvalue weighted by molar-refractivity contribution is 6.10. The number of carbonyl (C=O) groups excluding carboxylic acids is 2. The molecule has 1 saturated carbocycles. The van der Waals surface area contributed by atoms with E-state index in [2.05, 4.69) is 19.9 Å². The second-order valence-corrected chi connectivity index (χ2v) is 15.9. The van der Waals surface area contributed by atoms with Crippen LogP contribution in [0.25, 0.3) is 0 Å². The minimum absolute atomic E-state index is 0.0657. The third kappa shape index (κ3) is 9.05. The molecule has 0 aromatic heterocycles. The number of ether oxygens (including phenoxy) is 4. The Kier molecular flexibility index (Phi) is 13.1. The molecule has 3 aliphatic carbocycles. The van der Waals surface area contributed by atoms with Crippen LogP contribution in [-0.4, -0.2) is 73.5 Å². The van der Waals surface area contributed by atoms with Gasteiger partial charge in [-0.15, -0.1) is 0 Å². The van der Waals surface area contributed by atoms with Crippen LogP contribution in [0.5, 0.6) is 23.0 Å². The molecule has 0 heterocycles. The fourth-order valence-electron chi connectivity index (χ4n) is 8.95. The Labute approximate surface area is 337 Å². The van der Waals surface area contributed by atoms with Crippen LogP contribution in [0.4, 0.5) is 0 Å². The van der Waals surface area contributed by atoms with Crippen LogP contribution in [0.1, 0.15) is 96.5 Å². The van der Waals surface area contributed by atoms with Gasteiger partial charge in [0.1, 0.15) is 11.5 Å². The van der Waals surface area contributed by atoms with Crippen molar-refractivity contribution >= 4 is 11.7 Å².